The van der Waals surface area contributed by atoms with Crippen molar-refractivity contribution in [2.75, 3.05) is 24.9 Å². The molecule has 0 amide bonds. The van der Waals surface area contributed by atoms with Crippen LogP contribution in [-0.4, -0.2) is 31.3 Å². The highest BCUT2D eigenvalue weighted by Gasteiger charge is 2.27. The molecule has 0 spiro atoms. The molecule has 1 aliphatic rings. The summed E-state index contributed by atoms with van der Waals surface area (Å²) in [5, 5.41) is 7.23. The van der Waals surface area contributed by atoms with Crippen LogP contribution in [0.15, 0.2) is 18.2 Å². The molecule has 1 aromatic carbocycles. The Labute approximate surface area is 166 Å². The Morgan fingerprint density at radius 2 is 1.85 bits per heavy atom. The topological polar surface area (TPSA) is 76.7 Å². The summed E-state index contributed by atoms with van der Waals surface area (Å²) in [6, 6.07) is 5.20. The number of methoxy groups -OCH3 is 2. The summed E-state index contributed by atoms with van der Waals surface area (Å²) in [5.41, 5.74) is 3.67. The third-order valence-electron chi connectivity index (χ3n) is 4.44. The second kappa shape index (κ2) is 8.06. The molecule has 27 heavy (non-hydrogen) atoms. The number of hydrogen-bond acceptors (Lipinski definition) is 6. The van der Waals surface area contributed by atoms with E-state index in [0.29, 0.717) is 26.9 Å². The number of fused-ring (bicyclic) bond motifs is 1. The van der Waals surface area contributed by atoms with Crippen molar-refractivity contribution in [1.82, 2.24) is 0 Å². The van der Waals surface area contributed by atoms with Crippen LogP contribution in [0, 0.1) is 6.92 Å². The van der Waals surface area contributed by atoms with Gasteiger partial charge in [-0.25, -0.2) is 9.59 Å². The van der Waals surface area contributed by atoms with E-state index in [1.54, 1.807) is 12.1 Å². The molecule has 0 unspecified atom stereocenters. The van der Waals surface area contributed by atoms with Crippen molar-refractivity contribution < 1.29 is 19.1 Å². The van der Waals surface area contributed by atoms with E-state index in [2.05, 4.69) is 10.6 Å². The van der Waals surface area contributed by atoms with Gasteiger partial charge < -0.3 is 20.1 Å². The zero-order valence-corrected chi connectivity index (χ0v) is 16.9. The van der Waals surface area contributed by atoms with Crippen molar-refractivity contribution in [2.24, 2.45) is 0 Å². The van der Waals surface area contributed by atoms with Crippen LogP contribution in [0.4, 0.5) is 10.7 Å². The number of thiocarbonyl (C=S) groups is 1. The fourth-order valence-electron chi connectivity index (χ4n) is 3.07. The van der Waals surface area contributed by atoms with Gasteiger partial charge in [-0.05, 0) is 61.7 Å². The van der Waals surface area contributed by atoms with Crippen molar-refractivity contribution in [3.63, 3.8) is 0 Å². The first-order valence-corrected chi connectivity index (χ1v) is 9.67. The Kier molecular flexibility index (Phi) is 5.76. The number of rotatable bonds is 4. The van der Waals surface area contributed by atoms with Gasteiger partial charge in [0.05, 0.1) is 25.3 Å². The molecule has 1 aliphatic carbocycles. The third-order valence-corrected chi connectivity index (χ3v) is 5.86. The molecule has 8 heteroatoms. The molecule has 0 saturated heterocycles. The Morgan fingerprint density at radius 3 is 2.56 bits per heavy atom. The third kappa shape index (κ3) is 3.96. The van der Waals surface area contributed by atoms with Gasteiger partial charge in [-0.2, -0.15) is 0 Å². The van der Waals surface area contributed by atoms with Gasteiger partial charge in [-0.15, -0.1) is 11.3 Å². The van der Waals surface area contributed by atoms with E-state index in [-0.39, 0.29) is 5.97 Å². The molecular formula is C19H20N2O4S2. The summed E-state index contributed by atoms with van der Waals surface area (Å²) in [7, 11) is 2.72. The Hall–Kier alpha value is -2.45. The summed E-state index contributed by atoms with van der Waals surface area (Å²) in [5.74, 6) is -0.775. The lowest BCUT2D eigenvalue weighted by Crippen LogP contribution is -2.21. The van der Waals surface area contributed by atoms with Gasteiger partial charge in [0.1, 0.15) is 5.00 Å². The maximum Gasteiger partial charge on any atom is 0.341 e. The number of nitrogens with one attached hydrogen (secondary N) is 2. The highest BCUT2D eigenvalue weighted by Crippen LogP contribution is 2.39. The first kappa shape index (κ1) is 19.3. The first-order valence-electron chi connectivity index (χ1n) is 8.44. The van der Waals surface area contributed by atoms with E-state index >= 15 is 0 Å². The van der Waals surface area contributed by atoms with Gasteiger partial charge in [0.15, 0.2) is 5.11 Å². The molecular weight excluding hydrogens is 384 g/mol. The minimum Gasteiger partial charge on any atom is -0.465 e. The molecule has 0 bridgehead atoms. The molecule has 0 saturated carbocycles. The minimum absolute atomic E-state index is 0.338. The fraction of sp³-hybridized carbons (Fsp3) is 0.316. The largest absolute Gasteiger partial charge is 0.465 e. The van der Waals surface area contributed by atoms with Gasteiger partial charge in [0.25, 0.3) is 0 Å². The van der Waals surface area contributed by atoms with E-state index in [4.69, 9.17) is 21.7 Å². The van der Waals surface area contributed by atoms with Crippen molar-refractivity contribution in [1.29, 1.82) is 0 Å². The first-order chi connectivity index (χ1) is 12.9. The normalized spacial score (nSPS) is 12.3. The van der Waals surface area contributed by atoms with Crippen LogP contribution in [0.3, 0.4) is 0 Å². The standard InChI is InChI=1S/C19H20N2O4S2/c1-10-7-8-11(17(22)24-2)9-13(10)20-19(26)21-16-15(18(23)25-3)12-5-4-6-14(12)27-16/h7-9H,4-6H2,1-3H3,(H2,20,21,26). The molecule has 0 fully saturated rings. The maximum absolute atomic E-state index is 12.2. The number of ether oxygens (including phenoxy) is 2. The predicted octanol–water partition coefficient (Wildman–Crippen LogP) is 3.93. The van der Waals surface area contributed by atoms with Crippen LogP contribution in [0.25, 0.3) is 0 Å². The molecule has 2 N–H and O–H groups in total. The SMILES string of the molecule is COC(=O)c1ccc(C)c(NC(=S)Nc2sc3c(c2C(=O)OC)CCC3)c1. The van der Waals surface area contributed by atoms with E-state index in [0.717, 1.165) is 30.4 Å². The number of hydrogen-bond donors (Lipinski definition) is 2. The van der Waals surface area contributed by atoms with Gasteiger partial charge in [-0.1, -0.05) is 6.07 Å². The Morgan fingerprint density at radius 1 is 1.11 bits per heavy atom. The summed E-state index contributed by atoms with van der Waals surface area (Å²) >= 11 is 6.95. The van der Waals surface area contributed by atoms with Crippen LogP contribution < -0.4 is 10.6 Å². The van der Waals surface area contributed by atoms with E-state index in [1.807, 2.05) is 13.0 Å². The molecule has 3 rings (SSSR count). The molecule has 0 atom stereocenters. The Balaban J connectivity index is 1.81. The zero-order chi connectivity index (χ0) is 19.6. The lowest BCUT2D eigenvalue weighted by Gasteiger charge is -2.14. The highest BCUT2D eigenvalue weighted by atomic mass is 32.1. The van der Waals surface area contributed by atoms with E-state index in [1.165, 1.54) is 30.4 Å². The van der Waals surface area contributed by atoms with Gasteiger partial charge in [0.2, 0.25) is 0 Å². The minimum atomic E-state index is -0.417. The van der Waals surface area contributed by atoms with Gasteiger partial charge in [0, 0.05) is 10.6 Å². The summed E-state index contributed by atoms with van der Waals surface area (Å²) < 4.78 is 9.70. The predicted molar refractivity (Wildman–Crippen MR) is 110 cm³/mol. The second-order valence-electron chi connectivity index (χ2n) is 6.15. The van der Waals surface area contributed by atoms with E-state index in [9.17, 15) is 9.59 Å². The molecule has 1 aromatic heterocycles. The fourth-order valence-corrected chi connectivity index (χ4v) is 4.63. The molecule has 0 aliphatic heterocycles. The number of benzene rings is 1. The van der Waals surface area contributed by atoms with Crippen molar-refractivity contribution in [2.45, 2.75) is 26.2 Å². The number of aryl methyl sites for hydroxylation is 2. The van der Waals surface area contributed by atoms with Crippen molar-refractivity contribution >= 4 is 51.3 Å². The van der Waals surface area contributed by atoms with Gasteiger partial charge >= 0.3 is 11.9 Å². The van der Waals surface area contributed by atoms with Crippen LogP contribution in [0.5, 0.6) is 0 Å². The lowest BCUT2D eigenvalue weighted by atomic mass is 10.1. The average molecular weight is 405 g/mol. The molecule has 2 aromatic rings. The van der Waals surface area contributed by atoms with Crippen molar-refractivity contribution in [3.05, 3.63) is 45.3 Å². The Bertz CT molecular complexity index is 921. The number of carbonyl (C=O) groups is 2. The van der Waals surface area contributed by atoms with Crippen LogP contribution in [-0.2, 0) is 22.3 Å². The number of thiophene rings is 1. The molecule has 6 nitrogen and oxygen atoms in total. The van der Waals surface area contributed by atoms with Crippen molar-refractivity contribution in [3.8, 4) is 0 Å². The van der Waals surface area contributed by atoms with Crippen LogP contribution in [0.1, 0.15) is 43.1 Å². The van der Waals surface area contributed by atoms with E-state index < -0.39 is 5.97 Å². The zero-order valence-electron chi connectivity index (χ0n) is 15.3. The van der Waals surface area contributed by atoms with Crippen LogP contribution in [0.2, 0.25) is 0 Å². The summed E-state index contributed by atoms with van der Waals surface area (Å²) in [6.45, 7) is 1.91. The summed E-state index contributed by atoms with van der Waals surface area (Å²) in [4.78, 5) is 25.2. The monoisotopic (exact) mass is 404 g/mol. The molecule has 142 valence electrons. The number of carbonyl (C=O) groups excluding carboxylic acids is 2. The van der Waals surface area contributed by atoms with Crippen LogP contribution >= 0.6 is 23.6 Å². The number of esters is 2. The van der Waals surface area contributed by atoms with Gasteiger partial charge in [-0.3, -0.25) is 0 Å². The highest BCUT2D eigenvalue weighted by molar-refractivity contribution is 7.80. The molecule has 0 radical (unpaired) electrons. The smallest absolute Gasteiger partial charge is 0.341 e. The average Bonchev–Trinajstić information content (AvgIpc) is 3.22. The number of anilines is 2. The summed E-state index contributed by atoms with van der Waals surface area (Å²) in [6.07, 6.45) is 2.89. The quantitative estimate of drug-likeness (QED) is 0.591. The maximum atomic E-state index is 12.2. The second-order valence-corrected chi connectivity index (χ2v) is 7.67. The lowest BCUT2D eigenvalue weighted by molar-refractivity contribution is 0.0592. The molecule has 1 heterocycles.